The molecule has 2 aromatic carbocycles. The molecule has 1 amide bonds. The fourth-order valence-electron chi connectivity index (χ4n) is 2.89. The zero-order valence-electron chi connectivity index (χ0n) is 16.5. The Morgan fingerprint density at radius 2 is 1.79 bits per heavy atom. The molecule has 0 aliphatic heterocycles. The van der Waals surface area contributed by atoms with Gasteiger partial charge in [-0.2, -0.15) is 0 Å². The Labute approximate surface area is 169 Å². The molecule has 0 bridgehead atoms. The smallest absolute Gasteiger partial charge is 0.257 e. The lowest BCUT2D eigenvalue weighted by molar-refractivity contribution is 0.102. The van der Waals surface area contributed by atoms with Crippen LogP contribution in [-0.2, 0) is 6.42 Å². The van der Waals surface area contributed by atoms with Crippen molar-refractivity contribution >= 4 is 22.4 Å². The van der Waals surface area contributed by atoms with Gasteiger partial charge in [-0.15, -0.1) is 11.3 Å². The van der Waals surface area contributed by atoms with Crippen molar-refractivity contribution in [1.82, 2.24) is 4.98 Å². The molecule has 0 atom stereocenters. The molecule has 146 valence electrons. The first kappa shape index (κ1) is 19.9. The summed E-state index contributed by atoms with van der Waals surface area (Å²) < 4.78 is 10.5. The minimum Gasteiger partial charge on any atom is -0.493 e. The summed E-state index contributed by atoms with van der Waals surface area (Å²) >= 11 is 1.40. The number of hydrogen-bond acceptors (Lipinski definition) is 5. The van der Waals surface area contributed by atoms with Crippen LogP contribution in [0.25, 0.3) is 11.3 Å². The molecule has 0 aliphatic carbocycles. The number of ether oxygens (including phenoxy) is 2. The molecule has 0 saturated heterocycles. The number of hydrogen-bond donors (Lipinski definition) is 1. The van der Waals surface area contributed by atoms with E-state index in [0.717, 1.165) is 17.7 Å². The van der Waals surface area contributed by atoms with Crippen LogP contribution >= 0.6 is 11.3 Å². The third-order valence-electron chi connectivity index (χ3n) is 4.26. The third kappa shape index (κ3) is 4.70. The summed E-state index contributed by atoms with van der Waals surface area (Å²) in [5.41, 5.74) is 3.68. The number of carbonyl (C=O) groups excluding carboxylic acids is 1. The highest BCUT2D eigenvalue weighted by Gasteiger charge is 2.13. The van der Waals surface area contributed by atoms with Crippen molar-refractivity contribution in [3.8, 4) is 22.8 Å². The summed E-state index contributed by atoms with van der Waals surface area (Å²) in [5.74, 6) is 1.48. The highest BCUT2D eigenvalue weighted by molar-refractivity contribution is 7.14. The number of aromatic nitrogens is 1. The van der Waals surface area contributed by atoms with Crippen LogP contribution in [0.5, 0.6) is 11.5 Å². The van der Waals surface area contributed by atoms with Gasteiger partial charge in [-0.25, -0.2) is 4.98 Å². The van der Waals surface area contributed by atoms with Crippen LogP contribution in [0.2, 0.25) is 0 Å². The summed E-state index contributed by atoms with van der Waals surface area (Å²) in [5, 5.41) is 5.35. The van der Waals surface area contributed by atoms with E-state index < -0.39 is 0 Å². The minimum atomic E-state index is -0.242. The first-order chi connectivity index (χ1) is 13.5. The lowest BCUT2D eigenvalue weighted by Gasteiger charge is -2.09. The average Bonchev–Trinajstić information content (AvgIpc) is 3.15. The second kappa shape index (κ2) is 8.89. The van der Waals surface area contributed by atoms with Crippen LogP contribution in [0, 0.1) is 5.92 Å². The maximum Gasteiger partial charge on any atom is 0.257 e. The molecule has 0 radical (unpaired) electrons. The number of carbonyl (C=O) groups is 1. The van der Waals surface area contributed by atoms with Gasteiger partial charge in [-0.1, -0.05) is 38.1 Å². The molecule has 28 heavy (non-hydrogen) atoms. The van der Waals surface area contributed by atoms with Crippen molar-refractivity contribution in [3.63, 3.8) is 0 Å². The number of thiazole rings is 1. The topological polar surface area (TPSA) is 60.5 Å². The Morgan fingerprint density at radius 1 is 1.07 bits per heavy atom. The van der Waals surface area contributed by atoms with E-state index in [1.165, 1.54) is 16.9 Å². The molecular weight excluding hydrogens is 372 g/mol. The molecule has 3 aromatic rings. The zero-order valence-corrected chi connectivity index (χ0v) is 17.3. The lowest BCUT2D eigenvalue weighted by atomic mass is 10.0. The fraction of sp³-hybridized carbons (Fsp3) is 0.273. The van der Waals surface area contributed by atoms with Gasteiger partial charge < -0.3 is 9.47 Å². The van der Waals surface area contributed by atoms with E-state index in [1.54, 1.807) is 32.4 Å². The number of rotatable bonds is 7. The van der Waals surface area contributed by atoms with Gasteiger partial charge in [0.05, 0.1) is 19.9 Å². The van der Waals surface area contributed by atoms with Gasteiger partial charge in [0.25, 0.3) is 5.91 Å². The quantitative estimate of drug-likeness (QED) is 0.590. The van der Waals surface area contributed by atoms with E-state index in [9.17, 15) is 4.79 Å². The van der Waals surface area contributed by atoms with E-state index in [2.05, 4.69) is 48.4 Å². The first-order valence-electron chi connectivity index (χ1n) is 9.08. The Hall–Kier alpha value is -2.86. The number of amides is 1. The lowest BCUT2D eigenvalue weighted by Crippen LogP contribution is -2.12. The minimum absolute atomic E-state index is 0.242. The molecule has 6 heteroatoms. The van der Waals surface area contributed by atoms with E-state index in [-0.39, 0.29) is 5.91 Å². The molecule has 3 rings (SSSR count). The summed E-state index contributed by atoms with van der Waals surface area (Å²) in [6, 6.07) is 13.5. The van der Waals surface area contributed by atoms with E-state index in [4.69, 9.17) is 9.47 Å². The van der Waals surface area contributed by atoms with Crippen LogP contribution in [0.1, 0.15) is 29.8 Å². The van der Waals surface area contributed by atoms with Gasteiger partial charge >= 0.3 is 0 Å². The molecule has 0 unspecified atom stereocenters. The first-order valence-corrected chi connectivity index (χ1v) is 9.96. The van der Waals surface area contributed by atoms with E-state index >= 15 is 0 Å². The maximum atomic E-state index is 12.5. The highest BCUT2D eigenvalue weighted by Crippen LogP contribution is 2.29. The number of nitrogens with one attached hydrogen (secondary N) is 1. The molecule has 0 aliphatic rings. The Bertz CT molecular complexity index is 949. The molecule has 0 spiro atoms. The van der Waals surface area contributed by atoms with E-state index in [1.807, 2.05) is 5.38 Å². The van der Waals surface area contributed by atoms with Gasteiger partial charge in [0.1, 0.15) is 0 Å². The van der Waals surface area contributed by atoms with Crippen molar-refractivity contribution in [3.05, 3.63) is 59.0 Å². The van der Waals surface area contributed by atoms with Gasteiger partial charge in [-0.3, -0.25) is 10.1 Å². The molecule has 0 fully saturated rings. The highest BCUT2D eigenvalue weighted by atomic mass is 32.1. The van der Waals surface area contributed by atoms with Crippen LogP contribution < -0.4 is 14.8 Å². The SMILES string of the molecule is COc1ccc(C(=O)Nc2nc(-c3ccc(CC(C)C)cc3)cs2)cc1OC. The fourth-order valence-corrected chi connectivity index (χ4v) is 3.61. The summed E-state index contributed by atoms with van der Waals surface area (Å²) in [6.45, 7) is 4.42. The predicted molar refractivity (Wildman–Crippen MR) is 114 cm³/mol. The average molecular weight is 397 g/mol. The second-order valence-electron chi connectivity index (χ2n) is 6.86. The molecular formula is C22H24N2O3S. The monoisotopic (exact) mass is 396 g/mol. The number of methoxy groups -OCH3 is 2. The normalized spacial score (nSPS) is 10.8. The van der Waals surface area contributed by atoms with Gasteiger partial charge in [-0.05, 0) is 36.1 Å². The number of nitrogens with zero attached hydrogens (tertiary/aromatic N) is 1. The van der Waals surface area contributed by atoms with Crippen molar-refractivity contribution < 1.29 is 14.3 Å². The van der Waals surface area contributed by atoms with Gasteiger partial charge in [0, 0.05) is 16.5 Å². The Morgan fingerprint density at radius 3 is 2.43 bits per heavy atom. The van der Waals surface area contributed by atoms with Crippen LogP contribution in [0.15, 0.2) is 47.8 Å². The zero-order chi connectivity index (χ0) is 20.1. The van der Waals surface area contributed by atoms with Crippen LogP contribution in [-0.4, -0.2) is 25.1 Å². The van der Waals surface area contributed by atoms with Crippen LogP contribution in [0.3, 0.4) is 0 Å². The van der Waals surface area contributed by atoms with Crippen molar-refractivity contribution in [2.45, 2.75) is 20.3 Å². The Balaban J connectivity index is 1.71. The predicted octanol–water partition coefficient (Wildman–Crippen LogP) is 5.28. The molecule has 1 heterocycles. The second-order valence-corrected chi connectivity index (χ2v) is 7.71. The molecule has 1 aromatic heterocycles. The Kier molecular flexibility index (Phi) is 6.31. The number of benzene rings is 2. The molecule has 1 N–H and O–H groups in total. The maximum absolute atomic E-state index is 12.5. The molecule has 5 nitrogen and oxygen atoms in total. The van der Waals surface area contributed by atoms with Crippen LogP contribution in [0.4, 0.5) is 5.13 Å². The third-order valence-corrected chi connectivity index (χ3v) is 5.02. The molecule has 0 saturated carbocycles. The number of anilines is 1. The van der Waals surface area contributed by atoms with Gasteiger partial charge in [0.15, 0.2) is 16.6 Å². The van der Waals surface area contributed by atoms with Crippen molar-refractivity contribution in [2.24, 2.45) is 5.92 Å². The standard InChI is InChI=1S/C22H24N2O3S/c1-14(2)11-15-5-7-16(8-6-15)18-13-28-22(23-18)24-21(25)17-9-10-19(26-3)20(12-17)27-4/h5-10,12-14H,11H2,1-4H3,(H,23,24,25). The van der Waals surface area contributed by atoms with Crippen molar-refractivity contribution in [2.75, 3.05) is 19.5 Å². The largest absolute Gasteiger partial charge is 0.493 e. The van der Waals surface area contributed by atoms with Gasteiger partial charge in [0.2, 0.25) is 0 Å². The summed E-state index contributed by atoms with van der Waals surface area (Å²) in [4.78, 5) is 17.1. The van der Waals surface area contributed by atoms with E-state index in [0.29, 0.717) is 28.1 Å². The summed E-state index contributed by atoms with van der Waals surface area (Å²) in [7, 11) is 3.10. The van der Waals surface area contributed by atoms with Crippen molar-refractivity contribution in [1.29, 1.82) is 0 Å². The summed E-state index contributed by atoms with van der Waals surface area (Å²) in [6.07, 6.45) is 1.06.